The first-order valence-electron chi connectivity index (χ1n) is 6.74. The van der Waals surface area contributed by atoms with E-state index in [1.165, 1.54) is 11.3 Å². The Hall–Kier alpha value is -1.07. The number of Topliss-reactive ketones (excluding diaryl/α,β-unsaturated/α-hetero) is 1. The molecule has 5 heteroatoms. The number of anilines is 2. The van der Waals surface area contributed by atoms with Crippen molar-refractivity contribution in [3.8, 4) is 0 Å². The van der Waals surface area contributed by atoms with Gasteiger partial charge in [-0.3, -0.25) is 4.79 Å². The Balaban J connectivity index is 2.10. The van der Waals surface area contributed by atoms with Gasteiger partial charge in [0.1, 0.15) is 0 Å². The van der Waals surface area contributed by atoms with Crippen molar-refractivity contribution in [3.05, 3.63) is 10.9 Å². The smallest absolute Gasteiger partial charge is 0.177 e. The second-order valence-corrected chi connectivity index (χ2v) is 6.34. The van der Waals surface area contributed by atoms with E-state index in [2.05, 4.69) is 4.90 Å². The van der Waals surface area contributed by atoms with Gasteiger partial charge in [-0.1, -0.05) is 13.8 Å². The van der Waals surface area contributed by atoms with Crippen molar-refractivity contribution in [2.45, 2.75) is 32.8 Å². The van der Waals surface area contributed by atoms with Crippen LogP contribution in [0.15, 0.2) is 6.07 Å². The molecule has 1 aromatic rings. The number of carbonyl (C=O) groups is 1. The fourth-order valence-electron chi connectivity index (χ4n) is 2.31. The van der Waals surface area contributed by atoms with Crippen LogP contribution in [0.3, 0.4) is 0 Å². The summed E-state index contributed by atoms with van der Waals surface area (Å²) >= 11 is 1.52. The van der Waals surface area contributed by atoms with Gasteiger partial charge >= 0.3 is 0 Å². The molecule has 2 rings (SSSR count). The quantitative estimate of drug-likeness (QED) is 0.863. The first kappa shape index (κ1) is 14.3. The number of thiophene rings is 1. The SMILES string of the molecule is COC1CCN(c2cc(N)c(C(=O)C(C)C)s2)CC1. The number of nitrogen functional groups attached to an aromatic ring is 1. The largest absolute Gasteiger partial charge is 0.397 e. The lowest BCUT2D eigenvalue weighted by Crippen LogP contribution is -2.36. The van der Waals surface area contributed by atoms with Gasteiger partial charge in [0.2, 0.25) is 0 Å². The van der Waals surface area contributed by atoms with Crippen molar-refractivity contribution >= 4 is 27.8 Å². The van der Waals surface area contributed by atoms with E-state index in [1.54, 1.807) is 7.11 Å². The molecule has 106 valence electrons. The molecule has 0 bridgehead atoms. The molecule has 2 heterocycles. The Morgan fingerprint density at radius 1 is 1.47 bits per heavy atom. The molecule has 1 aliphatic rings. The van der Waals surface area contributed by atoms with Gasteiger partial charge in [-0.15, -0.1) is 11.3 Å². The van der Waals surface area contributed by atoms with Gasteiger partial charge in [0.15, 0.2) is 5.78 Å². The van der Waals surface area contributed by atoms with Crippen LogP contribution in [-0.4, -0.2) is 32.1 Å². The molecule has 0 unspecified atom stereocenters. The van der Waals surface area contributed by atoms with Gasteiger partial charge < -0.3 is 15.4 Å². The molecule has 0 radical (unpaired) electrons. The van der Waals surface area contributed by atoms with Crippen LogP contribution in [0.5, 0.6) is 0 Å². The van der Waals surface area contributed by atoms with Crippen molar-refractivity contribution in [1.82, 2.24) is 0 Å². The van der Waals surface area contributed by atoms with Crippen LogP contribution in [0.2, 0.25) is 0 Å². The first-order valence-corrected chi connectivity index (χ1v) is 7.55. The lowest BCUT2D eigenvalue weighted by atomic mass is 10.1. The zero-order valence-corrected chi connectivity index (χ0v) is 12.6. The number of nitrogens with two attached hydrogens (primary N) is 1. The van der Waals surface area contributed by atoms with Gasteiger partial charge in [0.05, 0.1) is 21.7 Å². The highest BCUT2D eigenvalue weighted by molar-refractivity contribution is 7.18. The van der Waals surface area contributed by atoms with E-state index in [0.29, 0.717) is 16.7 Å². The molecule has 2 N–H and O–H groups in total. The highest BCUT2D eigenvalue weighted by Crippen LogP contribution is 2.35. The summed E-state index contributed by atoms with van der Waals surface area (Å²) in [6.45, 7) is 5.75. The minimum Gasteiger partial charge on any atom is -0.397 e. The molecule has 1 fully saturated rings. The predicted molar refractivity (Wildman–Crippen MR) is 80.1 cm³/mol. The summed E-state index contributed by atoms with van der Waals surface area (Å²) in [6, 6.07) is 1.94. The number of rotatable bonds is 4. The molecule has 1 aromatic heterocycles. The number of ether oxygens (including phenoxy) is 1. The molecular formula is C14H22N2O2S. The standard InChI is InChI=1S/C14H22N2O2S/c1-9(2)13(17)14-11(15)8-12(19-14)16-6-4-10(18-3)5-7-16/h8-10H,4-7,15H2,1-3H3. The molecule has 0 atom stereocenters. The number of methoxy groups -OCH3 is 1. The Bertz CT molecular complexity index is 448. The van der Waals surface area contributed by atoms with E-state index in [4.69, 9.17) is 10.5 Å². The van der Waals surface area contributed by atoms with Crippen molar-refractivity contribution in [2.24, 2.45) is 5.92 Å². The first-order chi connectivity index (χ1) is 9.02. The Morgan fingerprint density at radius 2 is 2.11 bits per heavy atom. The van der Waals surface area contributed by atoms with Crippen LogP contribution >= 0.6 is 11.3 Å². The van der Waals surface area contributed by atoms with Gasteiger partial charge in [-0.25, -0.2) is 0 Å². The van der Waals surface area contributed by atoms with E-state index in [1.807, 2.05) is 19.9 Å². The van der Waals surface area contributed by atoms with Crippen molar-refractivity contribution in [2.75, 3.05) is 30.8 Å². The van der Waals surface area contributed by atoms with Gasteiger partial charge in [0, 0.05) is 26.1 Å². The average Bonchev–Trinajstić information content (AvgIpc) is 2.80. The fraction of sp³-hybridized carbons (Fsp3) is 0.643. The normalized spacial score (nSPS) is 17.2. The summed E-state index contributed by atoms with van der Waals surface area (Å²) in [6.07, 6.45) is 2.43. The van der Waals surface area contributed by atoms with Crippen molar-refractivity contribution in [1.29, 1.82) is 0 Å². The molecule has 0 aliphatic carbocycles. The number of ketones is 1. The lowest BCUT2D eigenvalue weighted by molar-refractivity contribution is 0.0820. The Kier molecular flexibility index (Phi) is 4.47. The fourth-order valence-corrected chi connectivity index (χ4v) is 3.53. The van der Waals surface area contributed by atoms with E-state index in [0.717, 1.165) is 30.9 Å². The summed E-state index contributed by atoms with van der Waals surface area (Å²) < 4.78 is 5.37. The summed E-state index contributed by atoms with van der Waals surface area (Å²) in [4.78, 5) is 15.1. The maximum Gasteiger partial charge on any atom is 0.177 e. The van der Waals surface area contributed by atoms with E-state index in [9.17, 15) is 4.79 Å². The third kappa shape index (κ3) is 3.09. The van der Waals surface area contributed by atoms with Crippen molar-refractivity contribution < 1.29 is 9.53 Å². The highest BCUT2D eigenvalue weighted by atomic mass is 32.1. The zero-order chi connectivity index (χ0) is 14.0. The molecule has 0 spiro atoms. The van der Waals surface area contributed by atoms with E-state index < -0.39 is 0 Å². The third-order valence-electron chi connectivity index (χ3n) is 3.58. The second kappa shape index (κ2) is 5.92. The van der Waals surface area contributed by atoms with Crippen LogP contribution in [0.1, 0.15) is 36.4 Å². The van der Waals surface area contributed by atoms with E-state index in [-0.39, 0.29) is 11.7 Å². The summed E-state index contributed by atoms with van der Waals surface area (Å²) in [5.74, 6) is 0.133. The number of carbonyl (C=O) groups excluding carboxylic acids is 1. The highest BCUT2D eigenvalue weighted by Gasteiger charge is 2.23. The zero-order valence-electron chi connectivity index (χ0n) is 11.8. The molecular weight excluding hydrogens is 260 g/mol. The predicted octanol–water partition coefficient (Wildman–Crippen LogP) is 2.78. The van der Waals surface area contributed by atoms with Crippen molar-refractivity contribution in [3.63, 3.8) is 0 Å². The minimum absolute atomic E-state index is 0.00646. The monoisotopic (exact) mass is 282 g/mol. The van der Waals surface area contributed by atoms with Crippen LogP contribution in [0.4, 0.5) is 10.7 Å². The second-order valence-electron chi connectivity index (χ2n) is 5.31. The number of nitrogens with zero attached hydrogens (tertiary/aromatic N) is 1. The van der Waals surface area contributed by atoms with Crippen LogP contribution in [0.25, 0.3) is 0 Å². The molecule has 0 amide bonds. The Morgan fingerprint density at radius 3 is 2.63 bits per heavy atom. The molecule has 1 saturated heterocycles. The lowest BCUT2D eigenvalue weighted by Gasteiger charge is -2.31. The molecule has 1 aliphatic heterocycles. The van der Waals surface area contributed by atoms with E-state index >= 15 is 0 Å². The van der Waals surface area contributed by atoms with Crippen LogP contribution in [0, 0.1) is 5.92 Å². The van der Waals surface area contributed by atoms with Gasteiger partial charge in [-0.2, -0.15) is 0 Å². The molecule has 4 nitrogen and oxygen atoms in total. The third-order valence-corrected chi connectivity index (χ3v) is 4.81. The number of hydrogen-bond acceptors (Lipinski definition) is 5. The van der Waals surface area contributed by atoms with Crippen LogP contribution < -0.4 is 10.6 Å². The molecule has 19 heavy (non-hydrogen) atoms. The molecule has 0 saturated carbocycles. The number of hydrogen-bond donors (Lipinski definition) is 1. The molecule has 0 aromatic carbocycles. The van der Waals surface area contributed by atoms with Gasteiger partial charge in [-0.05, 0) is 18.9 Å². The Labute approximate surface area is 118 Å². The number of piperidine rings is 1. The minimum atomic E-state index is -0.00646. The van der Waals surface area contributed by atoms with Crippen LogP contribution in [-0.2, 0) is 4.74 Å². The van der Waals surface area contributed by atoms with Gasteiger partial charge in [0.25, 0.3) is 0 Å². The summed E-state index contributed by atoms with van der Waals surface area (Å²) in [5, 5.41) is 1.11. The summed E-state index contributed by atoms with van der Waals surface area (Å²) in [7, 11) is 1.77. The average molecular weight is 282 g/mol. The summed E-state index contributed by atoms with van der Waals surface area (Å²) in [5.41, 5.74) is 6.60. The maximum absolute atomic E-state index is 12.1. The topological polar surface area (TPSA) is 55.6 Å². The maximum atomic E-state index is 12.1.